The molecule has 6 nitrogen and oxygen atoms in total. The second-order valence-electron chi connectivity index (χ2n) is 4.37. The van der Waals surface area contributed by atoms with Gasteiger partial charge in [0, 0.05) is 19.3 Å². The molecule has 0 saturated carbocycles. The van der Waals surface area contributed by atoms with Crippen LogP contribution in [-0.4, -0.2) is 28.3 Å². The molecule has 112 valence electrons. The highest BCUT2D eigenvalue weighted by Crippen LogP contribution is 2.25. The van der Waals surface area contributed by atoms with Gasteiger partial charge in [0.2, 0.25) is 5.88 Å². The topological polar surface area (TPSA) is 90.5 Å². The average molecular weight is 289 g/mol. The van der Waals surface area contributed by atoms with Gasteiger partial charge in [-0.3, -0.25) is 0 Å². The van der Waals surface area contributed by atoms with Crippen molar-refractivity contribution in [3.63, 3.8) is 0 Å². The Morgan fingerprint density at radius 3 is 2.81 bits per heavy atom. The van der Waals surface area contributed by atoms with Gasteiger partial charge in [0.25, 0.3) is 0 Å². The average Bonchev–Trinajstić information content (AvgIpc) is 2.47. The number of para-hydroxylation sites is 1. The summed E-state index contributed by atoms with van der Waals surface area (Å²) in [7, 11) is 0. The zero-order valence-corrected chi connectivity index (χ0v) is 12.0. The largest absolute Gasteiger partial charge is 0.439 e. The number of ether oxygens (including phenoxy) is 2. The number of aromatic nitrogens is 2. The van der Waals surface area contributed by atoms with Gasteiger partial charge >= 0.3 is 0 Å². The van der Waals surface area contributed by atoms with Crippen LogP contribution in [-0.2, 0) is 17.8 Å². The third-order valence-electron chi connectivity index (χ3n) is 2.77. The zero-order valence-electron chi connectivity index (χ0n) is 12.0. The molecule has 0 aliphatic carbocycles. The number of anilines is 1. The summed E-state index contributed by atoms with van der Waals surface area (Å²) in [4.78, 5) is 8.36. The van der Waals surface area contributed by atoms with Crippen LogP contribution in [0.15, 0.2) is 30.3 Å². The van der Waals surface area contributed by atoms with Gasteiger partial charge in [0.1, 0.15) is 18.2 Å². The fraction of sp³-hybridized carbons (Fsp3) is 0.333. The minimum atomic E-state index is 0.0574. The van der Waals surface area contributed by atoms with Crippen LogP contribution in [0.4, 0.5) is 5.82 Å². The summed E-state index contributed by atoms with van der Waals surface area (Å²) in [5.74, 6) is 1.82. The fourth-order valence-corrected chi connectivity index (χ4v) is 1.85. The Morgan fingerprint density at radius 2 is 2.05 bits per heavy atom. The van der Waals surface area contributed by atoms with Crippen molar-refractivity contribution in [3.05, 3.63) is 41.7 Å². The van der Waals surface area contributed by atoms with Crippen LogP contribution >= 0.6 is 0 Å². The van der Waals surface area contributed by atoms with Gasteiger partial charge in [-0.25, -0.2) is 4.98 Å². The van der Waals surface area contributed by atoms with Gasteiger partial charge in [-0.05, 0) is 25.0 Å². The van der Waals surface area contributed by atoms with Crippen molar-refractivity contribution in [2.75, 3.05) is 18.9 Å². The van der Waals surface area contributed by atoms with Crippen LogP contribution in [0.2, 0.25) is 0 Å². The number of nitrogens with two attached hydrogens (primary N) is 1. The Balaban J connectivity index is 2.21. The van der Waals surface area contributed by atoms with E-state index in [1.165, 1.54) is 0 Å². The quantitative estimate of drug-likeness (QED) is 0.809. The molecule has 1 aromatic heterocycles. The van der Waals surface area contributed by atoms with Crippen molar-refractivity contribution in [2.24, 2.45) is 0 Å². The second kappa shape index (κ2) is 7.56. The summed E-state index contributed by atoms with van der Waals surface area (Å²) < 4.78 is 11.0. The van der Waals surface area contributed by atoms with Gasteiger partial charge < -0.3 is 20.3 Å². The minimum Gasteiger partial charge on any atom is -0.439 e. The second-order valence-corrected chi connectivity index (χ2v) is 4.37. The fourth-order valence-electron chi connectivity index (χ4n) is 1.85. The maximum atomic E-state index is 9.08. The normalized spacial score (nSPS) is 10.6. The lowest BCUT2D eigenvalue weighted by atomic mass is 10.1. The van der Waals surface area contributed by atoms with Gasteiger partial charge in [0.05, 0.1) is 0 Å². The Morgan fingerprint density at radius 1 is 1.24 bits per heavy atom. The summed E-state index contributed by atoms with van der Waals surface area (Å²) in [5.41, 5.74) is 6.66. The Kier molecular flexibility index (Phi) is 5.48. The highest BCUT2D eigenvalue weighted by atomic mass is 16.5. The molecule has 0 spiro atoms. The summed E-state index contributed by atoms with van der Waals surface area (Å²) in [6.45, 7) is 2.82. The molecule has 0 saturated heterocycles. The van der Waals surface area contributed by atoms with E-state index in [1.807, 2.05) is 31.2 Å². The van der Waals surface area contributed by atoms with Crippen LogP contribution in [0.3, 0.4) is 0 Å². The van der Waals surface area contributed by atoms with E-state index in [4.69, 9.17) is 20.3 Å². The van der Waals surface area contributed by atoms with Gasteiger partial charge in [-0.2, -0.15) is 4.98 Å². The first-order chi connectivity index (χ1) is 10.2. The number of aliphatic hydroxyl groups excluding tert-OH is 1. The smallest absolute Gasteiger partial charge is 0.224 e. The van der Waals surface area contributed by atoms with Crippen LogP contribution < -0.4 is 10.5 Å². The molecule has 6 heteroatoms. The molecule has 0 bridgehead atoms. The lowest BCUT2D eigenvalue weighted by Gasteiger charge is -2.11. The van der Waals surface area contributed by atoms with Crippen molar-refractivity contribution < 1.29 is 14.6 Å². The zero-order chi connectivity index (χ0) is 15.1. The minimum absolute atomic E-state index is 0.0574. The Hall–Kier alpha value is -2.18. The molecule has 0 aliphatic rings. The highest BCUT2D eigenvalue weighted by molar-refractivity contribution is 5.39. The monoisotopic (exact) mass is 289 g/mol. The Bertz CT molecular complexity index is 590. The van der Waals surface area contributed by atoms with E-state index in [9.17, 15) is 0 Å². The molecule has 0 unspecified atom stereocenters. The van der Waals surface area contributed by atoms with Crippen LogP contribution in [0.1, 0.15) is 18.3 Å². The molecule has 0 atom stereocenters. The predicted octanol–water partition coefficient (Wildman–Crippen LogP) is 1.92. The molecule has 0 radical (unpaired) electrons. The molecule has 1 heterocycles. The van der Waals surface area contributed by atoms with Crippen LogP contribution in [0.5, 0.6) is 11.6 Å². The van der Waals surface area contributed by atoms with Gasteiger partial charge in [0.15, 0.2) is 5.82 Å². The number of nitrogens with zero attached hydrogens (tertiary/aromatic N) is 2. The number of hydrogen-bond acceptors (Lipinski definition) is 6. The van der Waals surface area contributed by atoms with E-state index in [2.05, 4.69) is 9.97 Å². The predicted molar refractivity (Wildman–Crippen MR) is 79.1 cm³/mol. The van der Waals surface area contributed by atoms with Crippen molar-refractivity contribution >= 4 is 5.82 Å². The van der Waals surface area contributed by atoms with E-state index in [0.29, 0.717) is 36.3 Å². The highest BCUT2D eigenvalue weighted by Gasteiger charge is 2.08. The number of nitrogen functional groups attached to an aromatic ring is 1. The standard InChI is InChI=1S/C15H19N3O3/c1-2-20-10-14-17-13(16)9-15(18-14)21-12-6-4-3-5-11(12)7-8-19/h3-6,9,19H,2,7-8,10H2,1H3,(H2,16,17,18). The Labute approximate surface area is 123 Å². The van der Waals surface area contributed by atoms with E-state index in [1.54, 1.807) is 6.07 Å². The van der Waals surface area contributed by atoms with Crippen molar-refractivity contribution in [2.45, 2.75) is 20.0 Å². The number of aliphatic hydroxyl groups is 1. The third-order valence-corrected chi connectivity index (χ3v) is 2.77. The summed E-state index contributed by atoms with van der Waals surface area (Å²) in [6.07, 6.45) is 0.516. The van der Waals surface area contributed by atoms with Crippen molar-refractivity contribution in [1.82, 2.24) is 9.97 Å². The third kappa shape index (κ3) is 4.40. The van der Waals surface area contributed by atoms with Gasteiger partial charge in [-0.1, -0.05) is 18.2 Å². The van der Waals surface area contributed by atoms with Crippen molar-refractivity contribution in [3.8, 4) is 11.6 Å². The maximum Gasteiger partial charge on any atom is 0.224 e. The lowest BCUT2D eigenvalue weighted by Crippen LogP contribution is -2.04. The summed E-state index contributed by atoms with van der Waals surface area (Å²) in [6, 6.07) is 9.04. The first-order valence-corrected chi connectivity index (χ1v) is 6.80. The summed E-state index contributed by atoms with van der Waals surface area (Å²) in [5, 5.41) is 9.08. The van der Waals surface area contributed by atoms with Crippen LogP contribution in [0, 0.1) is 0 Å². The molecule has 0 amide bonds. The molecular weight excluding hydrogens is 270 g/mol. The maximum absolute atomic E-state index is 9.08. The molecule has 21 heavy (non-hydrogen) atoms. The first-order valence-electron chi connectivity index (χ1n) is 6.80. The number of benzene rings is 1. The van der Waals surface area contributed by atoms with Crippen LogP contribution in [0.25, 0.3) is 0 Å². The van der Waals surface area contributed by atoms with Gasteiger partial charge in [-0.15, -0.1) is 0 Å². The molecule has 1 aromatic carbocycles. The molecule has 2 aromatic rings. The van der Waals surface area contributed by atoms with E-state index in [-0.39, 0.29) is 13.2 Å². The molecule has 0 aliphatic heterocycles. The molecule has 3 N–H and O–H groups in total. The number of rotatable bonds is 7. The molecule has 2 rings (SSSR count). The lowest BCUT2D eigenvalue weighted by molar-refractivity contribution is 0.128. The molecular formula is C15H19N3O3. The first kappa shape index (κ1) is 15.2. The van der Waals surface area contributed by atoms with Crippen molar-refractivity contribution in [1.29, 1.82) is 0 Å². The van der Waals surface area contributed by atoms with E-state index >= 15 is 0 Å². The van der Waals surface area contributed by atoms with E-state index < -0.39 is 0 Å². The molecule has 0 fully saturated rings. The number of hydrogen-bond donors (Lipinski definition) is 2. The SMILES string of the molecule is CCOCc1nc(N)cc(Oc2ccccc2CCO)n1. The summed E-state index contributed by atoms with van der Waals surface area (Å²) >= 11 is 0. The van der Waals surface area contributed by atoms with E-state index in [0.717, 1.165) is 5.56 Å².